The summed E-state index contributed by atoms with van der Waals surface area (Å²) in [6, 6.07) is 7.79. The predicted octanol–water partition coefficient (Wildman–Crippen LogP) is 7.54. The van der Waals surface area contributed by atoms with E-state index in [0.717, 1.165) is 44.1 Å². The van der Waals surface area contributed by atoms with Crippen LogP contribution in [-0.4, -0.2) is 19.5 Å². The summed E-state index contributed by atoms with van der Waals surface area (Å²) >= 11 is 0. The van der Waals surface area contributed by atoms with E-state index in [1.165, 1.54) is 12.1 Å². The third-order valence-electron chi connectivity index (χ3n) is 5.98. The Kier molecular flexibility index (Phi) is 8.97. The second-order valence-electron chi connectivity index (χ2n) is 8.36. The first-order valence-electron chi connectivity index (χ1n) is 11.5. The van der Waals surface area contributed by atoms with Gasteiger partial charge < -0.3 is 9.47 Å². The molecular formula is C26H33F3O2. The Morgan fingerprint density at radius 2 is 1.68 bits per heavy atom. The average molecular weight is 435 g/mol. The maximum Gasteiger partial charge on any atom is 0.167 e. The van der Waals surface area contributed by atoms with Crippen LogP contribution in [0.5, 0.6) is 0 Å². The first-order valence-corrected chi connectivity index (χ1v) is 11.5. The molecule has 2 unspecified atom stereocenters. The largest absolute Gasteiger partial charge is 0.353 e. The van der Waals surface area contributed by atoms with Crippen LogP contribution in [0.25, 0.3) is 11.1 Å². The van der Waals surface area contributed by atoms with E-state index in [0.29, 0.717) is 19.4 Å². The van der Waals surface area contributed by atoms with Crippen molar-refractivity contribution in [2.24, 2.45) is 0 Å². The maximum absolute atomic E-state index is 14.9. The second-order valence-corrected chi connectivity index (χ2v) is 8.36. The van der Waals surface area contributed by atoms with Crippen molar-refractivity contribution in [1.29, 1.82) is 0 Å². The van der Waals surface area contributed by atoms with E-state index in [-0.39, 0.29) is 35.5 Å². The van der Waals surface area contributed by atoms with Crippen molar-refractivity contribution in [2.45, 2.75) is 77.4 Å². The molecule has 2 atom stereocenters. The van der Waals surface area contributed by atoms with Crippen LogP contribution in [-0.2, 0) is 15.9 Å². The molecule has 170 valence electrons. The van der Waals surface area contributed by atoms with Gasteiger partial charge in [0, 0.05) is 23.7 Å². The number of hydrogen-bond donors (Lipinski definition) is 0. The van der Waals surface area contributed by atoms with Gasteiger partial charge in [0.2, 0.25) is 0 Å². The minimum absolute atomic E-state index is 0.0466. The van der Waals surface area contributed by atoms with Crippen LogP contribution >= 0.6 is 0 Å². The molecule has 2 aromatic rings. The van der Waals surface area contributed by atoms with Crippen molar-refractivity contribution < 1.29 is 22.6 Å². The van der Waals surface area contributed by atoms with Crippen LogP contribution in [0.2, 0.25) is 0 Å². The van der Waals surface area contributed by atoms with Gasteiger partial charge >= 0.3 is 0 Å². The van der Waals surface area contributed by atoms with Crippen molar-refractivity contribution in [3.8, 4) is 11.1 Å². The van der Waals surface area contributed by atoms with Gasteiger partial charge in [0.1, 0.15) is 5.82 Å². The molecule has 1 heterocycles. The van der Waals surface area contributed by atoms with Crippen molar-refractivity contribution in [3.63, 3.8) is 0 Å². The maximum atomic E-state index is 14.9. The molecule has 0 amide bonds. The van der Waals surface area contributed by atoms with E-state index in [1.54, 1.807) is 18.2 Å². The van der Waals surface area contributed by atoms with Gasteiger partial charge in [-0.2, -0.15) is 0 Å². The van der Waals surface area contributed by atoms with Crippen LogP contribution in [0.3, 0.4) is 0 Å². The molecule has 0 aromatic heterocycles. The first kappa shape index (κ1) is 23.8. The smallest absolute Gasteiger partial charge is 0.167 e. The average Bonchev–Trinajstić information content (AvgIpc) is 2.78. The van der Waals surface area contributed by atoms with E-state index < -0.39 is 17.5 Å². The minimum atomic E-state index is -1.00. The van der Waals surface area contributed by atoms with Gasteiger partial charge in [0.25, 0.3) is 0 Å². The summed E-state index contributed by atoms with van der Waals surface area (Å²) in [7, 11) is 0. The highest BCUT2D eigenvalue weighted by Crippen LogP contribution is 2.35. The number of rotatable bonds is 10. The summed E-state index contributed by atoms with van der Waals surface area (Å²) in [6.07, 6.45) is 7.03. The van der Waals surface area contributed by atoms with Crippen molar-refractivity contribution in [2.75, 3.05) is 13.2 Å². The Bertz CT molecular complexity index is 845. The molecule has 31 heavy (non-hydrogen) atoms. The molecule has 3 rings (SSSR count). The summed E-state index contributed by atoms with van der Waals surface area (Å²) in [5.41, 5.74) is 1.19. The monoisotopic (exact) mass is 434 g/mol. The minimum Gasteiger partial charge on any atom is -0.353 e. The summed E-state index contributed by atoms with van der Waals surface area (Å²) < 4.78 is 55.8. The third kappa shape index (κ3) is 6.11. The molecule has 2 aromatic carbocycles. The topological polar surface area (TPSA) is 18.5 Å². The Labute approximate surface area is 183 Å². The summed E-state index contributed by atoms with van der Waals surface area (Å²) in [5, 5.41) is 0. The summed E-state index contributed by atoms with van der Waals surface area (Å²) in [4.78, 5) is 0. The van der Waals surface area contributed by atoms with Gasteiger partial charge in [-0.3, -0.25) is 0 Å². The van der Waals surface area contributed by atoms with Crippen molar-refractivity contribution >= 4 is 0 Å². The highest BCUT2D eigenvalue weighted by atomic mass is 19.2. The van der Waals surface area contributed by atoms with Crippen LogP contribution in [0.1, 0.15) is 75.8 Å². The van der Waals surface area contributed by atoms with E-state index in [1.807, 2.05) is 0 Å². The van der Waals surface area contributed by atoms with Gasteiger partial charge in [-0.15, -0.1) is 0 Å². The Balaban J connectivity index is 1.67. The Morgan fingerprint density at radius 1 is 0.903 bits per heavy atom. The lowest BCUT2D eigenvalue weighted by molar-refractivity contribution is -0.168. The number of ether oxygens (including phenoxy) is 2. The molecule has 1 saturated heterocycles. The van der Waals surface area contributed by atoms with Gasteiger partial charge in [0.05, 0.1) is 6.61 Å². The predicted molar refractivity (Wildman–Crippen MR) is 118 cm³/mol. The Hall–Kier alpha value is -1.85. The van der Waals surface area contributed by atoms with Crippen LogP contribution < -0.4 is 0 Å². The molecule has 5 heteroatoms. The molecule has 1 aliphatic heterocycles. The molecule has 2 nitrogen and oxygen atoms in total. The first-order chi connectivity index (χ1) is 15.0. The molecule has 0 N–H and O–H groups in total. The molecule has 1 aliphatic rings. The second kappa shape index (κ2) is 11.7. The molecule has 0 spiro atoms. The van der Waals surface area contributed by atoms with Crippen LogP contribution in [0.15, 0.2) is 30.3 Å². The van der Waals surface area contributed by atoms with Crippen LogP contribution in [0, 0.1) is 17.5 Å². The highest BCUT2D eigenvalue weighted by Gasteiger charge is 2.27. The summed E-state index contributed by atoms with van der Waals surface area (Å²) in [6.45, 7) is 5.15. The zero-order valence-corrected chi connectivity index (χ0v) is 18.6. The standard InChI is InChI=1S/C26H33F3O2/c1-3-5-7-15-30-24-14-10-19(17-31-24)20-12-13-22(26(29)25(20)28)21-11-9-18(8-6-4-2)16-23(21)27/h9,11-13,16,19,24H,3-8,10,14-15,17H2,1-2H3. The van der Waals surface area contributed by atoms with E-state index in [2.05, 4.69) is 13.8 Å². The number of benzene rings is 2. The quantitative estimate of drug-likeness (QED) is 0.360. The van der Waals surface area contributed by atoms with Crippen molar-refractivity contribution in [1.82, 2.24) is 0 Å². The zero-order valence-electron chi connectivity index (χ0n) is 18.6. The Morgan fingerprint density at radius 3 is 2.35 bits per heavy atom. The lowest BCUT2D eigenvalue weighted by atomic mass is 9.90. The lowest BCUT2D eigenvalue weighted by Crippen LogP contribution is -2.28. The van der Waals surface area contributed by atoms with Gasteiger partial charge in [0.15, 0.2) is 17.9 Å². The molecule has 1 fully saturated rings. The van der Waals surface area contributed by atoms with E-state index >= 15 is 0 Å². The third-order valence-corrected chi connectivity index (χ3v) is 5.98. The van der Waals surface area contributed by atoms with Gasteiger partial charge in [-0.05, 0) is 49.3 Å². The fourth-order valence-corrected chi connectivity index (χ4v) is 4.07. The van der Waals surface area contributed by atoms with E-state index in [4.69, 9.17) is 9.47 Å². The zero-order chi connectivity index (χ0) is 22.2. The van der Waals surface area contributed by atoms with Crippen molar-refractivity contribution in [3.05, 3.63) is 58.9 Å². The number of unbranched alkanes of at least 4 members (excludes halogenated alkanes) is 3. The molecule has 0 radical (unpaired) electrons. The fraction of sp³-hybridized carbons (Fsp3) is 0.538. The normalized spacial score (nSPS) is 19.0. The van der Waals surface area contributed by atoms with E-state index in [9.17, 15) is 13.2 Å². The van der Waals surface area contributed by atoms with Crippen LogP contribution in [0.4, 0.5) is 13.2 Å². The number of hydrogen-bond acceptors (Lipinski definition) is 2. The molecular weight excluding hydrogens is 401 g/mol. The number of aryl methyl sites for hydroxylation is 1. The molecule has 0 saturated carbocycles. The SMILES string of the molecule is CCCCCOC1CCC(c2ccc(-c3ccc(CCCC)cc3F)c(F)c2F)CO1. The van der Waals surface area contributed by atoms with Gasteiger partial charge in [-0.25, -0.2) is 13.2 Å². The molecule has 0 aliphatic carbocycles. The number of halogens is 3. The molecule has 0 bridgehead atoms. The summed E-state index contributed by atoms with van der Waals surface area (Å²) in [5.74, 6) is -2.68. The highest BCUT2D eigenvalue weighted by molar-refractivity contribution is 5.66. The lowest BCUT2D eigenvalue weighted by Gasteiger charge is -2.29. The van der Waals surface area contributed by atoms with Gasteiger partial charge in [-0.1, -0.05) is 57.4 Å². The fourth-order valence-electron chi connectivity index (χ4n) is 4.07.